The Kier molecular flexibility index (Phi) is 5.74. The van der Waals surface area contributed by atoms with Gasteiger partial charge in [0.25, 0.3) is 0 Å². The zero-order valence-corrected chi connectivity index (χ0v) is 15.8. The minimum atomic E-state index is 0.525. The molecule has 3 rings (SSSR count). The second-order valence-corrected chi connectivity index (χ2v) is 6.99. The third-order valence-electron chi connectivity index (χ3n) is 5.14. The maximum absolute atomic E-state index is 4.27. The van der Waals surface area contributed by atoms with Gasteiger partial charge in [0, 0.05) is 32.7 Å². The molecule has 25 heavy (non-hydrogen) atoms. The summed E-state index contributed by atoms with van der Waals surface area (Å²) in [7, 11) is 4.19. The van der Waals surface area contributed by atoms with Crippen LogP contribution in [-0.2, 0) is 26.7 Å². The van der Waals surface area contributed by atoms with Crippen LogP contribution in [0.25, 0.3) is 0 Å². The highest BCUT2D eigenvalue weighted by molar-refractivity contribution is 4.94. The Hall–Kier alpha value is -1.87. The summed E-state index contributed by atoms with van der Waals surface area (Å²) in [5.74, 6) is 2.94. The molecule has 0 unspecified atom stereocenters. The van der Waals surface area contributed by atoms with Crippen LogP contribution in [0.1, 0.15) is 43.7 Å². The number of hydrogen-bond acceptors (Lipinski definition) is 7. The van der Waals surface area contributed by atoms with Crippen LogP contribution in [0.15, 0.2) is 0 Å². The average molecular weight is 347 g/mol. The number of rotatable bonds is 8. The van der Waals surface area contributed by atoms with Crippen LogP contribution in [-0.4, -0.2) is 71.0 Å². The number of aryl methyl sites for hydroxylation is 2. The average Bonchev–Trinajstić information content (AvgIpc) is 3.31. The number of nitrogens with zero attached hydrogens (tertiary/aromatic N) is 9. The van der Waals surface area contributed by atoms with Crippen molar-refractivity contribution in [1.82, 2.24) is 44.8 Å². The van der Waals surface area contributed by atoms with E-state index in [1.807, 2.05) is 18.7 Å². The smallest absolute Gasteiger partial charge is 0.165 e. The quantitative estimate of drug-likeness (QED) is 0.692. The molecule has 0 saturated carbocycles. The number of tetrazole rings is 1. The van der Waals surface area contributed by atoms with Crippen LogP contribution in [0, 0.1) is 6.92 Å². The molecule has 2 aromatic rings. The molecule has 1 saturated heterocycles. The summed E-state index contributed by atoms with van der Waals surface area (Å²) < 4.78 is 4.01. The van der Waals surface area contributed by atoms with E-state index >= 15 is 0 Å². The van der Waals surface area contributed by atoms with Crippen molar-refractivity contribution in [3.63, 3.8) is 0 Å². The van der Waals surface area contributed by atoms with E-state index in [1.165, 1.54) is 0 Å². The highest BCUT2D eigenvalue weighted by Gasteiger charge is 2.27. The van der Waals surface area contributed by atoms with E-state index < -0.39 is 0 Å². The summed E-state index contributed by atoms with van der Waals surface area (Å²) in [6, 6.07) is 0.525. The Balaban J connectivity index is 1.53. The summed E-state index contributed by atoms with van der Waals surface area (Å²) in [4.78, 5) is 4.82. The fourth-order valence-electron chi connectivity index (χ4n) is 3.27. The van der Waals surface area contributed by atoms with Crippen LogP contribution in [0.5, 0.6) is 0 Å². The zero-order chi connectivity index (χ0) is 17.8. The maximum atomic E-state index is 4.27. The molecule has 138 valence electrons. The second kappa shape index (κ2) is 8.01. The molecule has 1 aliphatic heterocycles. The minimum absolute atomic E-state index is 0.525. The highest BCUT2D eigenvalue weighted by Crippen LogP contribution is 2.18. The first-order chi connectivity index (χ1) is 12.1. The van der Waals surface area contributed by atoms with E-state index in [2.05, 4.69) is 54.1 Å². The van der Waals surface area contributed by atoms with E-state index in [0.717, 1.165) is 69.5 Å². The molecule has 0 N–H and O–H groups in total. The van der Waals surface area contributed by atoms with Crippen molar-refractivity contribution in [3.05, 3.63) is 17.5 Å². The normalized spacial score (nSPS) is 18.5. The topological polar surface area (TPSA) is 80.8 Å². The molecule has 9 heteroatoms. The number of unbranched alkanes of at least 4 members (excludes halogenated alkanes) is 1. The van der Waals surface area contributed by atoms with Gasteiger partial charge in [0.2, 0.25) is 0 Å². The number of likely N-dealkylation sites (N-methyl/N-ethyl adjacent to an activating group) is 1. The fourth-order valence-corrected chi connectivity index (χ4v) is 3.27. The molecular weight excluding hydrogens is 318 g/mol. The van der Waals surface area contributed by atoms with Gasteiger partial charge in [0.05, 0.1) is 13.1 Å². The summed E-state index contributed by atoms with van der Waals surface area (Å²) in [5, 5.41) is 20.6. The standard InChI is InChI=1S/C16H29N9/c1-5-6-8-25-16(19-20-21-25)12-24-9-7-14(10-24)22(3)11-15-18-17-13(2)23(15)4/h14H,5-12H2,1-4H3/t14-/m1/s1. The second-order valence-electron chi connectivity index (χ2n) is 6.99. The Morgan fingerprint density at radius 3 is 2.76 bits per heavy atom. The number of aromatic nitrogens is 7. The molecule has 0 aromatic carbocycles. The molecule has 9 nitrogen and oxygen atoms in total. The van der Waals surface area contributed by atoms with Gasteiger partial charge in [-0.05, 0) is 37.2 Å². The summed E-state index contributed by atoms with van der Waals surface area (Å²) in [6.07, 6.45) is 3.42. The summed E-state index contributed by atoms with van der Waals surface area (Å²) >= 11 is 0. The minimum Gasteiger partial charge on any atom is -0.317 e. The van der Waals surface area contributed by atoms with E-state index in [4.69, 9.17) is 0 Å². The molecule has 0 bridgehead atoms. The third-order valence-corrected chi connectivity index (χ3v) is 5.14. The molecule has 0 radical (unpaired) electrons. The Labute approximate surface area is 149 Å². The van der Waals surface area contributed by atoms with Gasteiger partial charge in [-0.25, -0.2) is 4.68 Å². The van der Waals surface area contributed by atoms with Crippen molar-refractivity contribution in [2.45, 2.75) is 58.8 Å². The van der Waals surface area contributed by atoms with Gasteiger partial charge in [-0.1, -0.05) is 13.3 Å². The van der Waals surface area contributed by atoms with Crippen LogP contribution in [0.3, 0.4) is 0 Å². The monoisotopic (exact) mass is 347 g/mol. The van der Waals surface area contributed by atoms with Crippen molar-refractivity contribution in [2.75, 3.05) is 20.1 Å². The lowest BCUT2D eigenvalue weighted by atomic mass is 10.2. The van der Waals surface area contributed by atoms with E-state index in [1.54, 1.807) is 0 Å². The predicted octanol–water partition coefficient (Wildman–Crippen LogP) is 0.616. The number of likely N-dealkylation sites (tertiary alicyclic amines) is 1. The van der Waals surface area contributed by atoms with E-state index in [9.17, 15) is 0 Å². The van der Waals surface area contributed by atoms with Gasteiger partial charge in [0.1, 0.15) is 11.6 Å². The van der Waals surface area contributed by atoms with E-state index in [0.29, 0.717) is 6.04 Å². The molecular formula is C16H29N9. The Bertz CT molecular complexity index is 677. The van der Waals surface area contributed by atoms with Crippen molar-refractivity contribution in [1.29, 1.82) is 0 Å². The van der Waals surface area contributed by atoms with E-state index in [-0.39, 0.29) is 0 Å². The zero-order valence-electron chi connectivity index (χ0n) is 15.8. The first kappa shape index (κ1) is 17.9. The third kappa shape index (κ3) is 4.21. The van der Waals surface area contributed by atoms with Crippen molar-refractivity contribution in [2.24, 2.45) is 7.05 Å². The number of hydrogen-bond donors (Lipinski definition) is 0. The van der Waals surface area contributed by atoms with Crippen LogP contribution < -0.4 is 0 Å². The fraction of sp³-hybridized carbons (Fsp3) is 0.812. The highest BCUT2D eigenvalue weighted by atomic mass is 15.5. The van der Waals surface area contributed by atoms with Gasteiger partial charge >= 0.3 is 0 Å². The summed E-state index contributed by atoms with van der Waals surface area (Å²) in [5.41, 5.74) is 0. The molecule has 1 fully saturated rings. The molecule has 0 spiro atoms. The largest absolute Gasteiger partial charge is 0.317 e. The Morgan fingerprint density at radius 1 is 1.20 bits per heavy atom. The summed E-state index contributed by atoms with van der Waals surface area (Å²) in [6.45, 7) is 8.83. The Morgan fingerprint density at radius 2 is 2.04 bits per heavy atom. The lowest BCUT2D eigenvalue weighted by Gasteiger charge is -2.24. The van der Waals surface area contributed by atoms with Crippen molar-refractivity contribution in [3.8, 4) is 0 Å². The maximum Gasteiger partial charge on any atom is 0.165 e. The molecule has 1 atom stereocenters. The van der Waals surface area contributed by atoms with Gasteiger partial charge in [-0.2, -0.15) is 0 Å². The first-order valence-corrected chi connectivity index (χ1v) is 9.11. The lowest BCUT2D eigenvalue weighted by Crippen LogP contribution is -2.35. The molecule has 3 heterocycles. The van der Waals surface area contributed by atoms with Crippen molar-refractivity contribution >= 4 is 0 Å². The van der Waals surface area contributed by atoms with Gasteiger partial charge in [-0.3, -0.25) is 9.80 Å². The molecule has 0 aliphatic carbocycles. The van der Waals surface area contributed by atoms with Crippen molar-refractivity contribution < 1.29 is 0 Å². The van der Waals surface area contributed by atoms with Crippen LogP contribution >= 0.6 is 0 Å². The first-order valence-electron chi connectivity index (χ1n) is 9.11. The van der Waals surface area contributed by atoms with Gasteiger partial charge in [0.15, 0.2) is 5.82 Å². The molecule has 0 amide bonds. The lowest BCUT2D eigenvalue weighted by molar-refractivity contribution is 0.214. The van der Waals surface area contributed by atoms with Crippen LogP contribution in [0.4, 0.5) is 0 Å². The SMILES string of the molecule is CCCCn1nnnc1CN1CC[C@@H](N(C)Cc2nnc(C)n2C)C1. The van der Waals surface area contributed by atoms with Crippen LogP contribution in [0.2, 0.25) is 0 Å². The molecule has 1 aliphatic rings. The molecule has 2 aromatic heterocycles. The van der Waals surface area contributed by atoms with Gasteiger partial charge in [-0.15, -0.1) is 15.3 Å². The van der Waals surface area contributed by atoms with Gasteiger partial charge < -0.3 is 4.57 Å². The predicted molar refractivity (Wildman–Crippen MR) is 93.6 cm³/mol.